The van der Waals surface area contributed by atoms with Gasteiger partial charge in [0.2, 0.25) is 5.43 Å². The molecule has 1 aliphatic rings. The monoisotopic (exact) mass is 368 g/mol. The molecule has 138 valence electrons. The van der Waals surface area contributed by atoms with E-state index in [1.807, 2.05) is 37.3 Å². The van der Waals surface area contributed by atoms with E-state index in [1.54, 1.807) is 29.8 Å². The highest BCUT2D eigenvalue weighted by Gasteiger charge is 2.08. The first-order chi connectivity index (χ1) is 13.5. The average Bonchev–Trinajstić information content (AvgIpc) is 2.70. The first-order valence-corrected chi connectivity index (χ1v) is 8.78. The average molecular weight is 368 g/mol. The Bertz CT molecular complexity index is 1190. The summed E-state index contributed by atoms with van der Waals surface area (Å²) >= 11 is 0. The summed E-state index contributed by atoms with van der Waals surface area (Å²) in [6.45, 7) is 7.61. The van der Waals surface area contributed by atoms with Gasteiger partial charge < -0.3 is 9.67 Å². The SMILES string of the molecule is C=C/C=C(\N=C(C)n1ccc(=O)c(O)c1)C1=CC(c2cccc(C)c2)=C=C=C1. The third-order valence-corrected chi connectivity index (χ3v) is 4.19. The Hall–Kier alpha value is -3.84. The summed E-state index contributed by atoms with van der Waals surface area (Å²) in [4.78, 5) is 16.1. The maximum absolute atomic E-state index is 11.4. The standard InChI is InChI=1S/C24H20N2O2/c1-4-7-22(25-18(3)26-13-12-23(27)24(28)16-26)21-11-6-10-20(15-21)19-9-5-8-17(2)14-19/h4-5,7-9,11-16,28H,1H2,2-3H3/b22-7-,25-18?. The third kappa shape index (κ3) is 4.28. The summed E-state index contributed by atoms with van der Waals surface area (Å²) in [6.07, 6.45) is 10.2. The Morgan fingerprint density at radius 3 is 2.86 bits per heavy atom. The van der Waals surface area contributed by atoms with Crippen molar-refractivity contribution in [2.24, 2.45) is 4.99 Å². The predicted octanol–water partition coefficient (Wildman–Crippen LogP) is 4.53. The molecule has 1 aromatic heterocycles. The van der Waals surface area contributed by atoms with Crippen LogP contribution < -0.4 is 5.43 Å². The second-order valence-corrected chi connectivity index (χ2v) is 6.34. The summed E-state index contributed by atoms with van der Waals surface area (Å²) in [5, 5.41) is 9.66. The Kier molecular flexibility index (Phi) is 5.57. The topological polar surface area (TPSA) is 54.6 Å². The van der Waals surface area contributed by atoms with Crippen molar-refractivity contribution in [3.63, 3.8) is 0 Å². The molecule has 0 unspecified atom stereocenters. The van der Waals surface area contributed by atoms with E-state index in [0.717, 1.165) is 16.7 Å². The normalized spacial score (nSPS) is 13.9. The predicted molar refractivity (Wildman–Crippen MR) is 113 cm³/mol. The molecule has 0 fully saturated rings. The largest absolute Gasteiger partial charge is 0.503 e. The maximum atomic E-state index is 11.4. The van der Waals surface area contributed by atoms with E-state index < -0.39 is 5.43 Å². The molecule has 1 heterocycles. The minimum absolute atomic E-state index is 0.323. The van der Waals surface area contributed by atoms with Crippen molar-refractivity contribution in [2.75, 3.05) is 0 Å². The molecule has 4 nitrogen and oxygen atoms in total. The van der Waals surface area contributed by atoms with E-state index in [9.17, 15) is 9.90 Å². The third-order valence-electron chi connectivity index (χ3n) is 4.19. The second-order valence-electron chi connectivity index (χ2n) is 6.34. The maximum Gasteiger partial charge on any atom is 0.223 e. The van der Waals surface area contributed by atoms with Gasteiger partial charge in [-0.05, 0) is 37.6 Å². The molecule has 0 atom stereocenters. The van der Waals surface area contributed by atoms with Gasteiger partial charge in [0.15, 0.2) is 5.75 Å². The highest BCUT2D eigenvalue weighted by molar-refractivity contribution is 5.84. The van der Waals surface area contributed by atoms with Crippen LogP contribution >= 0.6 is 0 Å². The van der Waals surface area contributed by atoms with Crippen molar-refractivity contribution < 1.29 is 5.11 Å². The van der Waals surface area contributed by atoms with Gasteiger partial charge in [-0.15, -0.1) is 0 Å². The van der Waals surface area contributed by atoms with Crippen molar-refractivity contribution in [1.82, 2.24) is 4.57 Å². The van der Waals surface area contributed by atoms with Gasteiger partial charge in [0.05, 0.1) is 11.9 Å². The minimum atomic E-state index is -0.429. The molecule has 1 aromatic carbocycles. The van der Waals surface area contributed by atoms with Gasteiger partial charge in [-0.2, -0.15) is 0 Å². The molecule has 4 heteroatoms. The van der Waals surface area contributed by atoms with Crippen molar-refractivity contribution in [3.05, 3.63) is 118 Å². The lowest BCUT2D eigenvalue weighted by atomic mass is 9.98. The lowest BCUT2D eigenvalue weighted by Crippen LogP contribution is -2.11. The Morgan fingerprint density at radius 2 is 2.14 bits per heavy atom. The van der Waals surface area contributed by atoms with Crippen LogP contribution in [0.5, 0.6) is 5.75 Å². The minimum Gasteiger partial charge on any atom is -0.503 e. The fourth-order valence-corrected chi connectivity index (χ4v) is 2.76. The van der Waals surface area contributed by atoms with Gasteiger partial charge in [-0.25, -0.2) is 4.99 Å². The van der Waals surface area contributed by atoms with Crippen LogP contribution in [-0.2, 0) is 0 Å². The summed E-state index contributed by atoms with van der Waals surface area (Å²) in [5.74, 6) is 0.268. The number of rotatable bonds is 4. The van der Waals surface area contributed by atoms with Gasteiger partial charge >= 0.3 is 0 Å². The summed E-state index contributed by atoms with van der Waals surface area (Å²) in [5.41, 5.74) is 10.5. The fraction of sp³-hybridized carbons (Fsp3) is 0.0833. The Morgan fingerprint density at radius 1 is 1.32 bits per heavy atom. The molecule has 0 aliphatic heterocycles. The van der Waals surface area contributed by atoms with Crippen LogP contribution in [0.25, 0.3) is 5.57 Å². The molecule has 0 bridgehead atoms. The molecule has 3 rings (SSSR count). The Balaban J connectivity index is 1.99. The van der Waals surface area contributed by atoms with Crippen molar-refractivity contribution in [1.29, 1.82) is 0 Å². The lowest BCUT2D eigenvalue weighted by Gasteiger charge is -2.10. The first kappa shape index (κ1) is 18.9. The zero-order valence-electron chi connectivity index (χ0n) is 15.8. The number of hydrogen-bond donors (Lipinski definition) is 1. The van der Waals surface area contributed by atoms with E-state index in [2.05, 4.69) is 29.1 Å². The molecular weight excluding hydrogens is 348 g/mol. The molecule has 0 amide bonds. The molecule has 1 aliphatic carbocycles. The first-order valence-electron chi connectivity index (χ1n) is 8.78. The quantitative estimate of drug-likeness (QED) is 0.373. The molecule has 28 heavy (non-hydrogen) atoms. The van der Waals surface area contributed by atoms with E-state index in [0.29, 0.717) is 11.5 Å². The van der Waals surface area contributed by atoms with Crippen molar-refractivity contribution in [3.8, 4) is 5.75 Å². The number of nitrogens with zero attached hydrogens (tertiary/aromatic N) is 2. The second kappa shape index (κ2) is 8.24. The molecule has 0 radical (unpaired) electrons. The number of aliphatic imine (C=N–C) groups is 1. The molecule has 0 spiro atoms. The Labute approximate surface area is 163 Å². The number of hydrogen-bond acceptors (Lipinski definition) is 3. The van der Waals surface area contributed by atoms with E-state index in [-0.39, 0.29) is 5.75 Å². The van der Waals surface area contributed by atoms with Crippen molar-refractivity contribution in [2.45, 2.75) is 13.8 Å². The molecule has 0 saturated carbocycles. The number of pyridine rings is 1. The smallest absolute Gasteiger partial charge is 0.223 e. The zero-order valence-corrected chi connectivity index (χ0v) is 15.8. The summed E-state index contributed by atoms with van der Waals surface area (Å²) in [6, 6.07) is 9.49. The molecule has 1 N–H and O–H groups in total. The van der Waals surface area contributed by atoms with Gasteiger partial charge in [0.1, 0.15) is 5.84 Å². The van der Waals surface area contributed by atoms with Gasteiger partial charge in [0, 0.05) is 23.4 Å². The van der Waals surface area contributed by atoms with E-state index in [4.69, 9.17) is 0 Å². The van der Waals surface area contributed by atoms with E-state index in [1.165, 1.54) is 17.8 Å². The molecule has 0 saturated heterocycles. The van der Waals surface area contributed by atoms with Crippen LogP contribution in [0.1, 0.15) is 18.1 Å². The zero-order chi connectivity index (χ0) is 20.1. The van der Waals surface area contributed by atoms with E-state index >= 15 is 0 Å². The molecular formula is C24H20N2O2. The summed E-state index contributed by atoms with van der Waals surface area (Å²) < 4.78 is 1.59. The van der Waals surface area contributed by atoms with Crippen molar-refractivity contribution >= 4 is 11.4 Å². The van der Waals surface area contributed by atoms with Gasteiger partial charge in [-0.3, -0.25) is 4.79 Å². The number of aromatic nitrogens is 1. The highest BCUT2D eigenvalue weighted by Crippen LogP contribution is 2.24. The molecule has 2 aromatic rings. The van der Waals surface area contributed by atoms with Gasteiger partial charge in [0.25, 0.3) is 0 Å². The van der Waals surface area contributed by atoms with Crippen LogP contribution in [-0.4, -0.2) is 15.5 Å². The van der Waals surface area contributed by atoms with Crippen LogP contribution in [0.2, 0.25) is 0 Å². The fourth-order valence-electron chi connectivity index (χ4n) is 2.76. The number of allylic oxidation sites excluding steroid dienone is 5. The summed E-state index contributed by atoms with van der Waals surface area (Å²) in [7, 11) is 0. The van der Waals surface area contributed by atoms with Crippen LogP contribution in [0, 0.1) is 6.92 Å². The highest BCUT2D eigenvalue weighted by atomic mass is 16.3. The van der Waals surface area contributed by atoms with Crippen LogP contribution in [0.4, 0.5) is 0 Å². The van der Waals surface area contributed by atoms with Crippen LogP contribution in [0.3, 0.4) is 0 Å². The lowest BCUT2D eigenvalue weighted by molar-refractivity contribution is 0.466. The number of aromatic hydroxyl groups is 1. The number of benzene rings is 1. The number of aryl methyl sites for hydroxylation is 1. The van der Waals surface area contributed by atoms with Gasteiger partial charge in [-0.1, -0.05) is 53.9 Å². The van der Waals surface area contributed by atoms with Crippen LogP contribution in [0.15, 0.2) is 106 Å².